The molecule has 1 aromatic heterocycles. The molecule has 0 saturated carbocycles. The third-order valence-corrected chi connectivity index (χ3v) is 4.37. The largest absolute Gasteiger partial charge is 0.435 e. The number of nitrogens with zero attached hydrogens (tertiary/aromatic N) is 2. The number of Topliss-reactive ketones (excluding diaryl/α,β-unsaturated/α-hetero) is 1. The van der Waals surface area contributed by atoms with E-state index in [0.29, 0.717) is 21.9 Å². The number of aromatic nitrogens is 1. The van der Waals surface area contributed by atoms with Gasteiger partial charge in [-0.3, -0.25) is 4.79 Å². The number of hydrogen-bond donors (Lipinski definition) is 1. The molecule has 0 bridgehead atoms. The summed E-state index contributed by atoms with van der Waals surface area (Å²) in [4.78, 5) is 17.2. The van der Waals surface area contributed by atoms with Crippen LogP contribution in [0.3, 0.4) is 0 Å². The number of alkyl halides is 2. The number of ether oxygens (including phenoxy) is 1. The van der Waals surface area contributed by atoms with E-state index in [2.05, 4.69) is 9.73 Å². The van der Waals surface area contributed by atoms with Gasteiger partial charge in [0.1, 0.15) is 5.75 Å². The van der Waals surface area contributed by atoms with Gasteiger partial charge in [-0.15, -0.1) is 0 Å². The summed E-state index contributed by atoms with van der Waals surface area (Å²) >= 11 is 1.23. The maximum absolute atomic E-state index is 12.1. The molecule has 0 saturated heterocycles. The van der Waals surface area contributed by atoms with Crippen LogP contribution < -0.4 is 9.54 Å². The molecule has 0 radical (unpaired) electrons. The predicted molar refractivity (Wildman–Crippen MR) is 82.4 cm³/mol. The van der Waals surface area contributed by atoms with Crippen LogP contribution in [0.15, 0.2) is 29.3 Å². The fourth-order valence-electron chi connectivity index (χ4n) is 2.07. The van der Waals surface area contributed by atoms with Gasteiger partial charge in [-0.25, -0.2) is 4.99 Å². The van der Waals surface area contributed by atoms with Crippen LogP contribution in [0, 0.1) is 6.92 Å². The van der Waals surface area contributed by atoms with Gasteiger partial charge < -0.3 is 14.4 Å². The smallest absolute Gasteiger partial charge is 0.387 e. The molecule has 2 aromatic rings. The van der Waals surface area contributed by atoms with Crippen molar-refractivity contribution in [1.29, 1.82) is 0 Å². The molecule has 0 atom stereocenters. The highest BCUT2D eigenvalue weighted by Gasteiger charge is 2.13. The Morgan fingerprint density at radius 3 is 2.57 bits per heavy atom. The van der Waals surface area contributed by atoms with E-state index in [9.17, 15) is 18.7 Å². The lowest BCUT2D eigenvalue weighted by atomic mass is 10.3. The number of thiazole rings is 1. The molecule has 0 aliphatic heterocycles. The van der Waals surface area contributed by atoms with Crippen molar-refractivity contribution in [3.05, 3.63) is 39.6 Å². The van der Waals surface area contributed by atoms with E-state index in [1.165, 1.54) is 30.4 Å². The minimum atomic E-state index is -2.87. The normalized spacial score (nSPS) is 12.0. The molecular formula is C15H16F2N2O3S. The zero-order valence-corrected chi connectivity index (χ0v) is 13.4. The maximum atomic E-state index is 12.1. The zero-order chi connectivity index (χ0) is 17.0. The third-order valence-electron chi connectivity index (χ3n) is 3.09. The second-order valence-electron chi connectivity index (χ2n) is 4.71. The van der Waals surface area contributed by atoms with E-state index >= 15 is 0 Å². The second kappa shape index (κ2) is 7.47. The van der Waals surface area contributed by atoms with Crippen molar-refractivity contribution in [3.63, 3.8) is 0 Å². The Bertz CT molecular complexity index is 751. The van der Waals surface area contributed by atoms with Gasteiger partial charge in [-0.2, -0.15) is 8.78 Å². The van der Waals surface area contributed by atoms with E-state index in [4.69, 9.17) is 0 Å². The first kappa shape index (κ1) is 17.3. The number of carbonyl (C=O) groups is 1. The topological polar surface area (TPSA) is 63.8 Å². The van der Waals surface area contributed by atoms with Gasteiger partial charge >= 0.3 is 6.61 Å². The summed E-state index contributed by atoms with van der Waals surface area (Å²) in [6.07, 6.45) is 0. The number of halogens is 2. The fourth-order valence-corrected chi connectivity index (χ4v) is 3.15. The molecule has 0 unspecified atom stereocenters. The van der Waals surface area contributed by atoms with Gasteiger partial charge in [0, 0.05) is 19.2 Å². The summed E-state index contributed by atoms with van der Waals surface area (Å²) in [5.41, 5.74) is 1.28. The van der Waals surface area contributed by atoms with E-state index in [1.807, 2.05) is 0 Å². The number of benzene rings is 1. The van der Waals surface area contributed by atoms with Crippen molar-refractivity contribution in [1.82, 2.24) is 4.57 Å². The summed E-state index contributed by atoms with van der Waals surface area (Å²) in [5, 5.41) is 9.17. The van der Waals surface area contributed by atoms with Gasteiger partial charge in [0.15, 0.2) is 10.6 Å². The van der Waals surface area contributed by atoms with Crippen LogP contribution in [0.5, 0.6) is 5.75 Å². The fraction of sp³-hybridized carbons (Fsp3) is 0.333. The first-order chi connectivity index (χ1) is 10.9. The molecule has 0 aliphatic carbocycles. The molecule has 0 aliphatic rings. The minimum Gasteiger partial charge on any atom is -0.435 e. The van der Waals surface area contributed by atoms with Crippen LogP contribution in [0.1, 0.15) is 22.3 Å². The van der Waals surface area contributed by atoms with E-state index < -0.39 is 6.61 Å². The number of rotatable bonds is 6. The van der Waals surface area contributed by atoms with Crippen molar-refractivity contribution in [2.45, 2.75) is 27.0 Å². The Kier molecular flexibility index (Phi) is 5.62. The van der Waals surface area contributed by atoms with Crippen molar-refractivity contribution in [2.75, 3.05) is 6.61 Å². The molecule has 1 N–H and O–H groups in total. The molecule has 8 heteroatoms. The average molecular weight is 342 g/mol. The molecule has 0 spiro atoms. The molecule has 23 heavy (non-hydrogen) atoms. The number of ketones is 1. The summed E-state index contributed by atoms with van der Waals surface area (Å²) in [5.74, 6) is -0.0182. The van der Waals surface area contributed by atoms with Crippen LogP contribution in [0.25, 0.3) is 0 Å². The SMILES string of the molecule is CC(=O)c1sc(=Nc2ccc(OC(F)F)cc2)n(CCO)c1C. The summed E-state index contributed by atoms with van der Waals surface area (Å²) in [6, 6.07) is 5.88. The number of hydrogen-bond acceptors (Lipinski definition) is 5. The van der Waals surface area contributed by atoms with Crippen LogP contribution in [-0.4, -0.2) is 28.7 Å². The van der Waals surface area contributed by atoms with Gasteiger partial charge in [0.2, 0.25) is 0 Å². The van der Waals surface area contributed by atoms with Crippen molar-refractivity contribution in [2.24, 2.45) is 4.99 Å². The van der Waals surface area contributed by atoms with Crippen LogP contribution in [0.4, 0.5) is 14.5 Å². The molecular weight excluding hydrogens is 326 g/mol. The maximum Gasteiger partial charge on any atom is 0.387 e. The lowest BCUT2D eigenvalue weighted by Crippen LogP contribution is -2.18. The van der Waals surface area contributed by atoms with Gasteiger partial charge in [-0.05, 0) is 31.2 Å². The first-order valence-electron chi connectivity index (χ1n) is 6.84. The quantitative estimate of drug-likeness (QED) is 0.821. The molecule has 124 valence electrons. The van der Waals surface area contributed by atoms with Crippen molar-refractivity contribution in [3.8, 4) is 5.75 Å². The summed E-state index contributed by atoms with van der Waals surface area (Å²) < 4.78 is 30.3. The van der Waals surface area contributed by atoms with Crippen LogP contribution in [-0.2, 0) is 6.54 Å². The third kappa shape index (κ3) is 4.23. The Hall–Kier alpha value is -2.06. The lowest BCUT2D eigenvalue weighted by molar-refractivity contribution is -0.0498. The highest BCUT2D eigenvalue weighted by Crippen LogP contribution is 2.20. The Labute approximate surface area is 135 Å². The van der Waals surface area contributed by atoms with Gasteiger partial charge in [0.05, 0.1) is 17.2 Å². The van der Waals surface area contributed by atoms with E-state index in [0.717, 1.165) is 5.69 Å². The zero-order valence-electron chi connectivity index (χ0n) is 12.6. The summed E-state index contributed by atoms with van der Waals surface area (Å²) in [7, 11) is 0. The first-order valence-corrected chi connectivity index (χ1v) is 7.65. The predicted octanol–water partition coefficient (Wildman–Crippen LogP) is 2.89. The second-order valence-corrected chi connectivity index (χ2v) is 5.69. The van der Waals surface area contributed by atoms with Crippen molar-refractivity contribution < 1.29 is 23.4 Å². The summed E-state index contributed by atoms with van der Waals surface area (Å²) in [6.45, 7) is 0.635. The minimum absolute atomic E-state index is 0.0500. The van der Waals surface area contributed by atoms with Crippen molar-refractivity contribution >= 4 is 22.8 Å². The average Bonchev–Trinajstić information content (AvgIpc) is 2.78. The Morgan fingerprint density at radius 2 is 2.04 bits per heavy atom. The molecule has 1 heterocycles. The Morgan fingerprint density at radius 1 is 1.39 bits per heavy atom. The van der Waals surface area contributed by atoms with Gasteiger partial charge in [-0.1, -0.05) is 11.3 Å². The van der Waals surface area contributed by atoms with Crippen LogP contribution in [0.2, 0.25) is 0 Å². The highest BCUT2D eigenvalue weighted by molar-refractivity contribution is 7.11. The molecule has 0 fully saturated rings. The molecule has 5 nitrogen and oxygen atoms in total. The number of aliphatic hydroxyl groups excluding tert-OH is 1. The number of aliphatic hydroxyl groups is 1. The standard InChI is InChI=1S/C15H16F2N2O3S/c1-9-13(10(2)21)23-15(19(9)7-8-20)18-11-3-5-12(6-4-11)22-14(16)17/h3-6,14,20H,7-8H2,1-2H3. The van der Waals surface area contributed by atoms with E-state index in [1.54, 1.807) is 23.6 Å². The Balaban J connectivity index is 2.41. The van der Waals surface area contributed by atoms with E-state index in [-0.39, 0.29) is 18.1 Å². The highest BCUT2D eigenvalue weighted by atomic mass is 32.1. The van der Waals surface area contributed by atoms with Crippen LogP contribution >= 0.6 is 11.3 Å². The monoisotopic (exact) mass is 342 g/mol. The number of carbonyl (C=O) groups excluding carboxylic acids is 1. The lowest BCUT2D eigenvalue weighted by Gasteiger charge is -2.05. The molecule has 0 amide bonds. The van der Waals surface area contributed by atoms with Gasteiger partial charge in [0.25, 0.3) is 0 Å². The molecule has 2 rings (SSSR count). The molecule has 1 aromatic carbocycles.